The Hall–Kier alpha value is -2.89. The molecule has 2 N–H and O–H groups in total. The van der Waals surface area contributed by atoms with Crippen molar-refractivity contribution in [3.8, 4) is 0 Å². The smallest absolute Gasteiger partial charge is 0.348 e. The quantitative estimate of drug-likeness (QED) is 0.483. The molecule has 11 heteroatoms. The maximum Gasteiger partial charge on any atom is 0.348 e. The standard InChI is InChI=1S/C22H24N2O7S.H2S/c1-5-31-19(27)16-12(2)15-17(26)24(22(3,4)20(28)29)21(30)23(18(15)32-16)11-14(25)13-9-7-6-8-10-13;/h6-10,14,25H,5,11H2,1-4H3,(H,28,29);1H2/t14-;/m1./s1. The van der Waals surface area contributed by atoms with Gasteiger partial charge in [0, 0.05) is 0 Å². The van der Waals surface area contributed by atoms with Crippen molar-refractivity contribution in [3.05, 3.63) is 67.2 Å². The molecule has 3 rings (SSSR count). The molecule has 3 aromatic rings. The molecule has 0 radical (unpaired) electrons. The monoisotopic (exact) mass is 494 g/mol. The van der Waals surface area contributed by atoms with Crippen LogP contribution in [0.15, 0.2) is 39.9 Å². The summed E-state index contributed by atoms with van der Waals surface area (Å²) in [4.78, 5) is 51.3. The molecule has 0 bridgehead atoms. The third-order valence-corrected chi connectivity index (χ3v) is 6.59. The highest BCUT2D eigenvalue weighted by Gasteiger charge is 2.36. The van der Waals surface area contributed by atoms with Gasteiger partial charge in [-0.25, -0.2) is 19.0 Å². The molecule has 1 atom stereocenters. The molecule has 1 aromatic carbocycles. The molecule has 0 unspecified atom stereocenters. The molecule has 0 saturated carbocycles. The zero-order valence-electron chi connectivity index (χ0n) is 18.6. The lowest BCUT2D eigenvalue weighted by Crippen LogP contribution is -2.52. The number of carbonyl (C=O) groups excluding carboxylic acids is 1. The van der Waals surface area contributed by atoms with Crippen molar-refractivity contribution in [1.82, 2.24) is 9.13 Å². The normalized spacial score (nSPS) is 12.3. The number of esters is 1. The second kappa shape index (κ2) is 9.94. The summed E-state index contributed by atoms with van der Waals surface area (Å²) in [6.45, 7) is 5.58. The van der Waals surface area contributed by atoms with Gasteiger partial charge < -0.3 is 14.9 Å². The molecule has 2 heterocycles. The Morgan fingerprint density at radius 2 is 1.79 bits per heavy atom. The van der Waals surface area contributed by atoms with Crippen molar-refractivity contribution in [3.63, 3.8) is 0 Å². The molecule has 0 aliphatic heterocycles. The van der Waals surface area contributed by atoms with Crippen molar-refractivity contribution in [2.24, 2.45) is 0 Å². The van der Waals surface area contributed by atoms with E-state index in [1.807, 2.05) is 0 Å². The third kappa shape index (κ3) is 4.61. The van der Waals surface area contributed by atoms with Gasteiger partial charge in [0.1, 0.15) is 15.2 Å². The molecule has 0 fully saturated rings. The number of carboxylic acid groups (broad SMARTS) is 1. The number of aliphatic hydroxyl groups excluding tert-OH is 1. The van der Waals surface area contributed by atoms with E-state index in [-0.39, 0.29) is 41.7 Å². The predicted octanol–water partition coefficient (Wildman–Crippen LogP) is 2.38. The fourth-order valence-corrected chi connectivity index (χ4v) is 4.64. The number of carboxylic acids is 1. The zero-order chi connectivity index (χ0) is 23.8. The van der Waals surface area contributed by atoms with Gasteiger partial charge in [0.05, 0.1) is 24.6 Å². The van der Waals surface area contributed by atoms with Crippen LogP contribution >= 0.6 is 24.8 Å². The van der Waals surface area contributed by atoms with E-state index in [9.17, 15) is 29.4 Å². The van der Waals surface area contributed by atoms with Crippen LogP contribution < -0.4 is 11.2 Å². The lowest BCUT2D eigenvalue weighted by atomic mass is 10.1. The SMILES string of the molecule is CCOC(=O)c1sc2c(c1C)c(=O)n(C(C)(C)C(=O)O)c(=O)n2C[C@@H](O)c1ccccc1.S. The fraction of sp³-hybridized carbons (Fsp3) is 0.364. The van der Waals surface area contributed by atoms with E-state index >= 15 is 0 Å². The Labute approximate surface area is 200 Å². The minimum atomic E-state index is -1.86. The Kier molecular flexibility index (Phi) is 7.94. The van der Waals surface area contributed by atoms with Crippen molar-refractivity contribution < 1.29 is 24.5 Å². The van der Waals surface area contributed by atoms with E-state index in [4.69, 9.17) is 4.74 Å². The van der Waals surface area contributed by atoms with Crippen LogP contribution in [-0.4, -0.2) is 37.9 Å². The highest BCUT2D eigenvalue weighted by molar-refractivity contribution is 7.59. The van der Waals surface area contributed by atoms with Gasteiger partial charge >= 0.3 is 17.6 Å². The van der Waals surface area contributed by atoms with Crippen molar-refractivity contribution in [2.45, 2.75) is 45.9 Å². The number of ether oxygens (including phenoxy) is 1. The molecule has 0 amide bonds. The number of benzene rings is 1. The molecule has 2 aromatic heterocycles. The Morgan fingerprint density at radius 1 is 1.18 bits per heavy atom. The Morgan fingerprint density at radius 3 is 2.33 bits per heavy atom. The van der Waals surface area contributed by atoms with Crippen LogP contribution in [-0.2, 0) is 21.6 Å². The predicted molar refractivity (Wildman–Crippen MR) is 130 cm³/mol. The lowest BCUT2D eigenvalue weighted by molar-refractivity contribution is -0.146. The zero-order valence-corrected chi connectivity index (χ0v) is 20.4. The first-order valence-corrected chi connectivity index (χ1v) is 10.8. The van der Waals surface area contributed by atoms with Crippen molar-refractivity contribution in [1.29, 1.82) is 0 Å². The van der Waals surface area contributed by atoms with Gasteiger partial charge in [-0.15, -0.1) is 11.3 Å². The summed E-state index contributed by atoms with van der Waals surface area (Å²) in [5.74, 6) is -2.01. The molecule has 0 spiro atoms. The molecule has 178 valence electrons. The number of hydrogen-bond acceptors (Lipinski definition) is 7. The maximum atomic E-state index is 13.4. The molecule has 0 aliphatic rings. The number of aryl methyl sites for hydroxylation is 1. The second-order valence-electron chi connectivity index (χ2n) is 7.78. The number of hydrogen-bond donors (Lipinski definition) is 2. The van der Waals surface area contributed by atoms with Gasteiger partial charge in [-0.1, -0.05) is 30.3 Å². The van der Waals surface area contributed by atoms with E-state index in [2.05, 4.69) is 0 Å². The minimum Gasteiger partial charge on any atom is -0.480 e. The topological polar surface area (TPSA) is 128 Å². The van der Waals surface area contributed by atoms with Crippen LogP contribution in [0.3, 0.4) is 0 Å². The molecular weight excluding hydrogens is 468 g/mol. The fourth-order valence-electron chi connectivity index (χ4n) is 3.44. The highest BCUT2D eigenvalue weighted by Crippen LogP contribution is 2.30. The van der Waals surface area contributed by atoms with Crippen LogP contribution in [0, 0.1) is 6.92 Å². The average Bonchev–Trinajstić information content (AvgIpc) is 3.09. The molecule has 0 saturated heterocycles. The first kappa shape index (κ1) is 26.4. The molecular formula is C22H26N2O7S2. The van der Waals surface area contributed by atoms with Gasteiger partial charge in [0.25, 0.3) is 5.56 Å². The third-order valence-electron chi connectivity index (χ3n) is 5.30. The summed E-state index contributed by atoms with van der Waals surface area (Å²) in [6.07, 6.45) is -1.11. The number of aliphatic carboxylic acids is 1. The van der Waals surface area contributed by atoms with E-state index in [1.165, 1.54) is 13.8 Å². The van der Waals surface area contributed by atoms with Crippen molar-refractivity contribution in [2.75, 3.05) is 6.61 Å². The minimum absolute atomic E-state index is 0. The van der Waals surface area contributed by atoms with Gasteiger partial charge in [-0.3, -0.25) is 9.36 Å². The Balaban J connectivity index is 0.00000385. The van der Waals surface area contributed by atoms with Crippen LogP contribution in [0.25, 0.3) is 10.2 Å². The van der Waals surface area contributed by atoms with E-state index < -0.39 is 34.8 Å². The first-order chi connectivity index (χ1) is 15.0. The summed E-state index contributed by atoms with van der Waals surface area (Å²) in [7, 11) is 0. The second-order valence-corrected chi connectivity index (χ2v) is 8.78. The number of aliphatic hydroxyl groups is 1. The van der Waals surface area contributed by atoms with E-state index in [0.717, 1.165) is 15.9 Å². The number of fused-ring (bicyclic) bond motifs is 1. The number of carbonyl (C=O) groups is 2. The Bertz CT molecular complexity index is 1310. The lowest BCUT2D eigenvalue weighted by Gasteiger charge is -2.24. The van der Waals surface area contributed by atoms with E-state index in [0.29, 0.717) is 15.7 Å². The van der Waals surface area contributed by atoms with Crippen LogP contribution in [0.4, 0.5) is 0 Å². The highest BCUT2D eigenvalue weighted by atomic mass is 32.1. The van der Waals surface area contributed by atoms with Crippen LogP contribution in [0.2, 0.25) is 0 Å². The van der Waals surface area contributed by atoms with Gasteiger partial charge in [0.2, 0.25) is 0 Å². The van der Waals surface area contributed by atoms with E-state index in [1.54, 1.807) is 44.2 Å². The first-order valence-electron chi connectivity index (χ1n) is 9.95. The molecule has 33 heavy (non-hydrogen) atoms. The number of aromatic nitrogens is 2. The molecule has 0 aliphatic carbocycles. The van der Waals surface area contributed by atoms with Gasteiger partial charge in [-0.05, 0) is 38.8 Å². The van der Waals surface area contributed by atoms with Gasteiger partial charge in [0.15, 0.2) is 0 Å². The summed E-state index contributed by atoms with van der Waals surface area (Å²) < 4.78 is 6.88. The number of rotatable bonds is 7. The largest absolute Gasteiger partial charge is 0.480 e. The maximum absolute atomic E-state index is 13.4. The summed E-state index contributed by atoms with van der Waals surface area (Å²) in [5.41, 5.74) is -2.72. The number of nitrogens with zero attached hydrogens (tertiary/aromatic N) is 2. The number of thiophene rings is 1. The van der Waals surface area contributed by atoms with Crippen molar-refractivity contribution >= 4 is 47.0 Å². The van der Waals surface area contributed by atoms with Gasteiger partial charge in [-0.2, -0.15) is 13.5 Å². The summed E-state index contributed by atoms with van der Waals surface area (Å²) >= 11 is 0.908. The average molecular weight is 495 g/mol. The summed E-state index contributed by atoms with van der Waals surface area (Å²) in [6, 6.07) is 8.63. The van der Waals surface area contributed by atoms with Crippen LogP contribution in [0.1, 0.15) is 47.7 Å². The molecule has 9 nitrogen and oxygen atoms in total. The summed E-state index contributed by atoms with van der Waals surface area (Å²) in [5, 5.41) is 20.5. The van der Waals surface area contributed by atoms with Crippen LogP contribution in [0.5, 0.6) is 0 Å².